The number of aromatic amines is 1. The zero-order valence-electron chi connectivity index (χ0n) is 11.1. The Balaban J connectivity index is 2.00. The van der Waals surface area contributed by atoms with Crippen LogP contribution in [0.3, 0.4) is 0 Å². The quantitative estimate of drug-likeness (QED) is 0.827. The number of halogens is 2. The van der Waals surface area contributed by atoms with Gasteiger partial charge in [0.05, 0.1) is 16.7 Å². The van der Waals surface area contributed by atoms with E-state index >= 15 is 0 Å². The summed E-state index contributed by atoms with van der Waals surface area (Å²) in [4.78, 5) is 15.7. The van der Waals surface area contributed by atoms with Gasteiger partial charge in [0.15, 0.2) is 0 Å². The maximum absolute atomic E-state index is 11.7. The number of nitrogens with zero attached hydrogens (tertiary/aromatic N) is 2. The van der Waals surface area contributed by atoms with Crippen LogP contribution in [0.2, 0.25) is 10.0 Å². The van der Waals surface area contributed by atoms with Crippen molar-refractivity contribution in [2.24, 2.45) is 0 Å². The van der Waals surface area contributed by atoms with Gasteiger partial charge in [0, 0.05) is 6.08 Å². The minimum absolute atomic E-state index is 0.176. The lowest BCUT2D eigenvalue weighted by atomic mass is 10.2. The molecule has 2 rings (SSSR count). The number of aromatic nitrogens is 3. The summed E-state index contributed by atoms with van der Waals surface area (Å²) in [6, 6.07) is 5.34. The molecule has 0 saturated carbocycles. The average Bonchev–Trinajstić information content (AvgIpc) is 2.88. The Morgan fingerprint density at radius 3 is 3.05 bits per heavy atom. The van der Waals surface area contributed by atoms with Gasteiger partial charge in [-0.15, -0.1) is 5.10 Å². The first-order valence-electron chi connectivity index (χ1n) is 6.08. The Morgan fingerprint density at radius 1 is 1.48 bits per heavy atom. The van der Waals surface area contributed by atoms with Gasteiger partial charge in [0.25, 0.3) is 5.91 Å². The van der Waals surface area contributed by atoms with E-state index in [2.05, 4.69) is 20.5 Å². The van der Waals surface area contributed by atoms with Crippen molar-refractivity contribution in [2.75, 3.05) is 11.9 Å². The number of carbonyl (C=O) groups excluding carboxylic acids is 1. The Morgan fingerprint density at radius 2 is 2.29 bits per heavy atom. The molecule has 0 aliphatic carbocycles. The number of rotatable bonds is 5. The molecule has 1 amide bonds. The minimum Gasteiger partial charge on any atom is -0.463 e. The number of hydrogen-bond donors (Lipinski definition) is 2. The molecule has 2 aromatic rings. The molecule has 2 N–H and O–H groups in total. The van der Waals surface area contributed by atoms with E-state index < -0.39 is 0 Å². The molecule has 8 heteroatoms. The number of ether oxygens (including phenoxy) is 1. The van der Waals surface area contributed by atoms with Gasteiger partial charge in [-0.3, -0.25) is 10.1 Å². The fourth-order valence-corrected chi connectivity index (χ4v) is 1.84. The molecule has 0 unspecified atom stereocenters. The fourth-order valence-electron chi connectivity index (χ4n) is 1.47. The highest BCUT2D eigenvalue weighted by Crippen LogP contribution is 2.26. The number of hydrogen-bond acceptors (Lipinski definition) is 4. The molecule has 1 heterocycles. The van der Waals surface area contributed by atoms with E-state index in [-0.39, 0.29) is 17.9 Å². The van der Waals surface area contributed by atoms with E-state index in [9.17, 15) is 4.79 Å². The summed E-state index contributed by atoms with van der Waals surface area (Å²) in [6.45, 7) is 2.25. The van der Waals surface area contributed by atoms with Crippen LogP contribution in [0.15, 0.2) is 24.3 Å². The van der Waals surface area contributed by atoms with E-state index in [1.165, 1.54) is 6.08 Å². The van der Waals surface area contributed by atoms with Crippen LogP contribution >= 0.6 is 23.2 Å². The Kier molecular flexibility index (Phi) is 5.19. The fraction of sp³-hybridized carbons (Fsp3) is 0.154. The van der Waals surface area contributed by atoms with Crippen molar-refractivity contribution in [2.45, 2.75) is 6.92 Å². The lowest BCUT2D eigenvalue weighted by Crippen LogP contribution is -2.09. The summed E-state index contributed by atoms with van der Waals surface area (Å²) in [7, 11) is 0. The van der Waals surface area contributed by atoms with Crippen molar-refractivity contribution >= 4 is 41.1 Å². The van der Waals surface area contributed by atoms with Crippen molar-refractivity contribution in [3.63, 3.8) is 0 Å². The van der Waals surface area contributed by atoms with E-state index in [1.54, 1.807) is 24.3 Å². The van der Waals surface area contributed by atoms with Crippen LogP contribution in [-0.4, -0.2) is 27.7 Å². The molecular formula is C13H12Cl2N4O2. The standard InChI is InChI=1S/C13H12Cl2N4O2/c1-2-21-13-17-12(18-19-13)16-10(20)7-6-8-4-3-5-9(14)11(8)15/h3-7H,2H2,1H3,(H2,16,17,18,19,20)/b7-6+. The number of H-pyrrole nitrogens is 1. The first-order valence-corrected chi connectivity index (χ1v) is 6.84. The van der Waals surface area contributed by atoms with Crippen LogP contribution < -0.4 is 10.1 Å². The molecule has 0 saturated heterocycles. The van der Waals surface area contributed by atoms with Crippen LogP contribution in [0.4, 0.5) is 5.95 Å². The highest BCUT2D eigenvalue weighted by atomic mass is 35.5. The van der Waals surface area contributed by atoms with Crippen molar-refractivity contribution < 1.29 is 9.53 Å². The molecular weight excluding hydrogens is 315 g/mol. The summed E-state index contributed by atoms with van der Waals surface area (Å²) in [5.41, 5.74) is 0.645. The molecule has 110 valence electrons. The topological polar surface area (TPSA) is 79.9 Å². The molecule has 0 atom stereocenters. The predicted molar refractivity (Wildman–Crippen MR) is 81.7 cm³/mol. The average molecular weight is 327 g/mol. The molecule has 0 aliphatic rings. The van der Waals surface area contributed by atoms with Gasteiger partial charge < -0.3 is 4.74 Å². The zero-order chi connectivity index (χ0) is 15.2. The molecule has 0 radical (unpaired) electrons. The molecule has 0 aliphatic heterocycles. The Labute approximate surface area is 131 Å². The van der Waals surface area contributed by atoms with Gasteiger partial charge in [-0.25, -0.2) is 5.10 Å². The van der Waals surface area contributed by atoms with Crippen LogP contribution in [0.25, 0.3) is 6.08 Å². The lowest BCUT2D eigenvalue weighted by molar-refractivity contribution is -0.111. The van der Waals surface area contributed by atoms with Gasteiger partial charge >= 0.3 is 6.01 Å². The second kappa shape index (κ2) is 7.10. The van der Waals surface area contributed by atoms with Crippen molar-refractivity contribution in [3.8, 4) is 6.01 Å². The molecule has 1 aromatic heterocycles. The number of anilines is 1. The van der Waals surface area contributed by atoms with Crippen LogP contribution in [0, 0.1) is 0 Å². The second-order valence-electron chi connectivity index (χ2n) is 3.87. The van der Waals surface area contributed by atoms with Gasteiger partial charge in [0.1, 0.15) is 0 Å². The number of nitrogens with one attached hydrogen (secondary N) is 2. The van der Waals surface area contributed by atoms with E-state index in [0.29, 0.717) is 22.2 Å². The molecule has 21 heavy (non-hydrogen) atoms. The van der Waals surface area contributed by atoms with Gasteiger partial charge in [0.2, 0.25) is 5.95 Å². The number of carbonyl (C=O) groups is 1. The molecule has 0 fully saturated rings. The highest BCUT2D eigenvalue weighted by molar-refractivity contribution is 6.42. The first kappa shape index (κ1) is 15.3. The van der Waals surface area contributed by atoms with E-state index in [1.807, 2.05) is 6.92 Å². The molecule has 1 aromatic carbocycles. The van der Waals surface area contributed by atoms with Crippen molar-refractivity contribution in [1.82, 2.24) is 15.2 Å². The molecule has 0 bridgehead atoms. The highest BCUT2D eigenvalue weighted by Gasteiger charge is 2.06. The molecule has 6 nitrogen and oxygen atoms in total. The zero-order valence-corrected chi connectivity index (χ0v) is 12.6. The SMILES string of the molecule is CCOc1n[nH]c(NC(=O)/C=C/c2cccc(Cl)c2Cl)n1. The largest absolute Gasteiger partial charge is 0.463 e. The minimum atomic E-state index is -0.384. The first-order chi connectivity index (χ1) is 10.1. The summed E-state index contributed by atoms with van der Waals surface area (Å²) in [6.07, 6.45) is 2.88. The monoisotopic (exact) mass is 326 g/mol. The third-order valence-corrected chi connectivity index (χ3v) is 3.21. The second-order valence-corrected chi connectivity index (χ2v) is 4.65. The third-order valence-electron chi connectivity index (χ3n) is 2.38. The van der Waals surface area contributed by atoms with Gasteiger partial charge in [-0.05, 0) is 24.6 Å². The van der Waals surface area contributed by atoms with E-state index in [0.717, 1.165) is 0 Å². The van der Waals surface area contributed by atoms with Crippen LogP contribution in [0.1, 0.15) is 12.5 Å². The van der Waals surface area contributed by atoms with Gasteiger partial charge in [-0.2, -0.15) is 4.98 Å². The van der Waals surface area contributed by atoms with Gasteiger partial charge in [-0.1, -0.05) is 35.3 Å². The number of amides is 1. The predicted octanol–water partition coefficient (Wildman–Crippen LogP) is 3.16. The number of benzene rings is 1. The summed E-state index contributed by atoms with van der Waals surface area (Å²) < 4.78 is 5.07. The Bertz CT molecular complexity index is 670. The summed E-state index contributed by atoms with van der Waals surface area (Å²) in [5.74, 6) is -0.185. The summed E-state index contributed by atoms with van der Waals surface area (Å²) >= 11 is 11.9. The van der Waals surface area contributed by atoms with Crippen LogP contribution in [0.5, 0.6) is 6.01 Å². The van der Waals surface area contributed by atoms with Crippen molar-refractivity contribution in [1.29, 1.82) is 0 Å². The maximum Gasteiger partial charge on any atom is 0.337 e. The summed E-state index contributed by atoms with van der Waals surface area (Å²) in [5, 5.41) is 9.64. The van der Waals surface area contributed by atoms with Crippen LogP contribution in [-0.2, 0) is 4.79 Å². The van der Waals surface area contributed by atoms with E-state index in [4.69, 9.17) is 27.9 Å². The van der Waals surface area contributed by atoms with Crippen molar-refractivity contribution in [3.05, 3.63) is 39.9 Å². The normalized spacial score (nSPS) is 10.8. The molecule has 0 spiro atoms. The Hall–Kier alpha value is -2.05. The third kappa shape index (κ3) is 4.21. The lowest BCUT2D eigenvalue weighted by Gasteiger charge is -2.00. The maximum atomic E-state index is 11.7. The smallest absolute Gasteiger partial charge is 0.337 e.